The third-order valence-corrected chi connectivity index (χ3v) is 5.44. The van der Waals surface area contributed by atoms with Crippen LogP contribution in [0.25, 0.3) is 22.1 Å². The van der Waals surface area contributed by atoms with E-state index in [4.69, 9.17) is 25.5 Å². The van der Waals surface area contributed by atoms with Crippen LogP contribution in [0.1, 0.15) is 19.4 Å². The van der Waals surface area contributed by atoms with E-state index >= 15 is 0 Å². The quantitative estimate of drug-likeness (QED) is 0.258. The first-order valence-electron chi connectivity index (χ1n) is 11.1. The summed E-state index contributed by atoms with van der Waals surface area (Å²) in [4.78, 5) is 13.1. The number of halogens is 4. The van der Waals surface area contributed by atoms with E-state index < -0.39 is 17.8 Å². The number of carbonyl (C=O) groups is 1. The zero-order valence-corrected chi connectivity index (χ0v) is 20.1. The number of urea groups is 1. The average molecular weight is 519 g/mol. The van der Waals surface area contributed by atoms with E-state index in [0.717, 1.165) is 6.07 Å². The van der Waals surface area contributed by atoms with E-state index in [1.807, 2.05) is 0 Å². The molecule has 0 aliphatic rings. The van der Waals surface area contributed by atoms with Crippen LogP contribution >= 0.6 is 11.6 Å². The zero-order valence-electron chi connectivity index (χ0n) is 19.3. The Balaban J connectivity index is 1.78. The number of alkyl halides is 3. The maximum Gasteiger partial charge on any atom is 0.417 e. The minimum Gasteiger partial charge on any atom is -0.492 e. The lowest BCUT2D eigenvalue weighted by atomic mass is 9.98. The zero-order chi connectivity index (χ0) is 25.9. The van der Waals surface area contributed by atoms with Crippen LogP contribution in [0.15, 0.2) is 65.1 Å². The Morgan fingerprint density at radius 1 is 0.944 bits per heavy atom. The van der Waals surface area contributed by atoms with Gasteiger partial charge in [-0.2, -0.15) is 13.2 Å². The van der Waals surface area contributed by atoms with Gasteiger partial charge in [0.1, 0.15) is 22.8 Å². The molecule has 0 atom stereocenters. The molecule has 2 N–H and O–H groups in total. The number of benzene rings is 3. The van der Waals surface area contributed by atoms with E-state index in [2.05, 4.69) is 10.6 Å². The van der Waals surface area contributed by atoms with Gasteiger partial charge in [0.25, 0.3) is 0 Å². The SMILES string of the molecule is CCOc1cccc(OCC)c1NC(=O)Nc1oc2ccc(Cl)cc2c1-c1ccccc1C(F)(F)F. The highest BCUT2D eigenvalue weighted by atomic mass is 35.5. The lowest BCUT2D eigenvalue weighted by Crippen LogP contribution is -2.21. The van der Waals surface area contributed by atoms with E-state index in [1.165, 1.54) is 30.3 Å². The van der Waals surface area contributed by atoms with Crippen molar-refractivity contribution < 1.29 is 31.9 Å². The molecule has 0 unspecified atom stereocenters. The highest BCUT2D eigenvalue weighted by Gasteiger charge is 2.35. The van der Waals surface area contributed by atoms with Crippen molar-refractivity contribution in [2.24, 2.45) is 0 Å². The number of amides is 2. The van der Waals surface area contributed by atoms with E-state index in [-0.39, 0.29) is 28.3 Å². The maximum atomic E-state index is 13.9. The summed E-state index contributed by atoms with van der Waals surface area (Å²) in [6.45, 7) is 4.27. The molecule has 0 aliphatic carbocycles. The lowest BCUT2D eigenvalue weighted by Gasteiger charge is -2.16. The Bertz CT molecular complexity index is 1380. The molecule has 0 aliphatic heterocycles. The van der Waals surface area contributed by atoms with Gasteiger partial charge in [0.05, 0.1) is 24.3 Å². The molecule has 3 aromatic carbocycles. The molecule has 0 bridgehead atoms. The van der Waals surface area contributed by atoms with Crippen LogP contribution < -0.4 is 20.1 Å². The minimum absolute atomic E-state index is 0.0544. The number of furan rings is 1. The van der Waals surface area contributed by atoms with Crippen LogP contribution in [0.4, 0.5) is 29.5 Å². The summed E-state index contributed by atoms with van der Waals surface area (Å²) in [6.07, 6.45) is -4.64. The van der Waals surface area contributed by atoms with Crippen molar-refractivity contribution in [3.63, 3.8) is 0 Å². The van der Waals surface area contributed by atoms with E-state index in [0.29, 0.717) is 35.1 Å². The van der Waals surface area contributed by atoms with Crippen LogP contribution in [0.5, 0.6) is 11.5 Å². The molecule has 10 heteroatoms. The molecule has 0 saturated heterocycles. The number of rotatable bonds is 7. The molecular weight excluding hydrogens is 497 g/mol. The van der Waals surface area contributed by atoms with Crippen molar-refractivity contribution in [2.75, 3.05) is 23.8 Å². The smallest absolute Gasteiger partial charge is 0.417 e. The van der Waals surface area contributed by atoms with Gasteiger partial charge in [-0.3, -0.25) is 5.32 Å². The van der Waals surface area contributed by atoms with Gasteiger partial charge < -0.3 is 19.2 Å². The second-order valence-corrected chi connectivity index (χ2v) is 8.00. The van der Waals surface area contributed by atoms with Gasteiger partial charge >= 0.3 is 12.2 Å². The number of fused-ring (bicyclic) bond motifs is 1. The summed E-state index contributed by atoms with van der Waals surface area (Å²) < 4.78 is 58.5. The van der Waals surface area contributed by atoms with Crippen LogP contribution in [0.2, 0.25) is 5.02 Å². The van der Waals surface area contributed by atoms with Crippen LogP contribution in [-0.2, 0) is 6.18 Å². The van der Waals surface area contributed by atoms with Crippen LogP contribution in [0, 0.1) is 0 Å². The first-order chi connectivity index (χ1) is 17.2. The number of anilines is 2. The first kappa shape index (κ1) is 25.2. The maximum absolute atomic E-state index is 13.9. The molecule has 1 heterocycles. The molecule has 4 rings (SSSR count). The lowest BCUT2D eigenvalue weighted by molar-refractivity contribution is -0.137. The third-order valence-electron chi connectivity index (χ3n) is 5.21. The van der Waals surface area contributed by atoms with E-state index in [1.54, 1.807) is 38.1 Å². The summed E-state index contributed by atoms with van der Waals surface area (Å²) in [5.41, 5.74) is -0.456. The largest absolute Gasteiger partial charge is 0.492 e. The summed E-state index contributed by atoms with van der Waals surface area (Å²) in [5, 5.41) is 5.84. The number of para-hydroxylation sites is 1. The van der Waals surface area contributed by atoms with E-state index in [9.17, 15) is 18.0 Å². The Labute approximate surface area is 209 Å². The number of carbonyl (C=O) groups excluding carboxylic acids is 1. The number of ether oxygens (including phenoxy) is 2. The fourth-order valence-electron chi connectivity index (χ4n) is 3.81. The second kappa shape index (κ2) is 10.4. The fourth-order valence-corrected chi connectivity index (χ4v) is 3.98. The van der Waals surface area contributed by atoms with Crippen molar-refractivity contribution in [3.05, 3.63) is 71.2 Å². The van der Waals surface area contributed by atoms with Gasteiger partial charge in [-0.15, -0.1) is 0 Å². The second-order valence-electron chi connectivity index (χ2n) is 7.56. The Morgan fingerprint density at radius 2 is 1.61 bits per heavy atom. The predicted octanol–water partition coefficient (Wildman–Crippen LogP) is 8.21. The summed E-state index contributed by atoms with van der Waals surface area (Å²) in [7, 11) is 0. The molecule has 0 fully saturated rings. The summed E-state index contributed by atoms with van der Waals surface area (Å²) >= 11 is 6.13. The van der Waals surface area contributed by atoms with Crippen molar-refractivity contribution in [2.45, 2.75) is 20.0 Å². The monoisotopic (exact) mass is 518 g/mol. The molecule has 36 heavy (non-hydrogen) atoms. The van der Waals surface area contributed by atoms with Gasteiger partial charge in [0, 0.05) is 10.4 Å². The molecule has 6 nitrogen and oxygen atoms in total. The van der Waals surface area contributed by atoms with Crippen molar-refractivity contribution in [3.8, 4) is 22.6 Å². The molecule has 0 spiro atoms. The van der Waals surface area contributed by atoms with Crippen molar-refractivity contribution >= 4 is 40.2 Å². The number of hydrogen-bond donors (Lipinski definition) is 2. The Morgan fingerprint density at radius 3 is 2.25 bits per heavy atom. The molecule has 188 valence electrons. The third kappa shape index (κ3) is 5.21. The highest BCUT2D eigenvalue weighted by molar-refractivity contribution is 6.31. The average Bonchev–Trinajstić information content (AvgIpc) is 3.17. The topological polar surface area (TPSA) is 72.7 Å². The van der Waals surface area contributed by atoms with Gasteiger partial charge in [-0.25, -0.2) is 4.79 Å². The summed E-state index contributed by atoms with van der Waals surface area (Å²) in [5.74, 6) is 0.573. The molecule has 1 aromatic heterocycles. The van der Waals surface area contributed by atoms with Gasteiger partial charge in [0.2, 0.25) is 5.88 Å². The molecular formula is C26H22ClF3N2O4. The van der Waals surface area contributed by atoms with Gasteiger partial charge in [0.15, 0.2) is 0 Å². The highest BCUT2D eigenvalue weighted by Crippen LogP contribution is 2.45. The summed E-state index contributed by atoms with van der Waals surface area (Å²) in [6, 6.07) is 13.9. The molecule has 2 amide bonds. The van der Waals surface area contributed by atoms with Gasteiger partial charge in [-0.1, -0.05) is 35.9 Å². The van der Waals surface area contributed by atoms with Crippen LogP contribution in [-0.4, -0.2) is 19.2 Å². The molecule has 0 saturated carbocycles. The van der Waals surface area contributed by atoms with Crippen molar-refractivity contribution in [1.29, 1.82) is 0 Å². The Kier molecular flexibility index (Phi) is 7.30. The van der Waals surface area contributed by atoms with Crippen molar-refractivity contribution in [1.82, 2.24) is 0 Å². The predicted molar refractivity (Wildman–Crippen MR) is 133 cm³/mol. The minimum atomic E-state index is -4.64. The first-order valence-corrected chi connectivity index (χ1v) is 11.5. The fraction of sp³-hybridized carbons (Fsp3) is 0.192. The Hall–Kier alpha value is -3.85. The van der Waals surface area contributed by atoms with Crippen LogP contribution in [0.3, 0.4) is 0 Å². The molecule has 4 aromatic rings. The van der Waals surface area contributed by atoms with Gasteiger partial charge in [-0.05, 0) is 55.8 Å². The number of hydrogen-bond acceptors (Lipinski definition) is 4. The number of nitrogens with one attached hydrogen (secondary N) is 2. The standard InChI is InChI=1S/C26H22ClF3N2O4/c1-3-34-20-10-7-11-21(35-4-2)23(20)31-25(33)32-24-22(17-14-15(27)12-13-19(17)36-24)16-8-5-6-9-18(16)26(28,29)30/h5-14H,3-4H2,1-2H3,(H2,31,32,33). The molecule has 0 radical (unpaired) electrons. The normalized spacial score (nSPS) is 11.4.